The van der Waals surface area contributed by atoms with Gasteiger partial charge in [0.25, 0.3) is 11.8 Å². The second-order valence-electron chi connectivity index (χ2n) is 7.55. The number of benzene rings is 2. The second kappa shape index (κ2) is 8.90. The van der Waals surface area contributed by atoms with Crippen LogP contribution in [0.3, 0.4) is 0 Å². The third-order valence-electron chi connectivity index (χ3n) is 5.45. The average Bonchev–Trinajstić information content (AvgIpc) is 3.43. The third-order valence-corrected chi connectivity index (χ3v) is 5.45. The molecule has 0 unspecified atom stereocenters. The maximum atomic E-state index is 12.8. The Morgan fingerprint density at radius 3 is 2.29 bits per heavy atom. The molecule has 2 aliphatic heterocycles. The number of carboxylic acids is 1. The number of aromatic carboxylic acids is 1. The number of nitrogens with one attached hydrogen (secondary N) is 1. The normalized spacial score (nSPS) is 16.3. The molecule has 0 saturated carbocycles. The van der Waals surface area contributed by atoms with Crippen LogP contribution in [0.5, 0.6) is 0 Å². The number of fused-ring (bicyclic) bond motifs is 2. The molecule has 1 aromatic heterocycles. The predicted octanol–water partition coefficient (Wildman–Crippen LogP) is 3.26. The first kappa shape index (κ1) is 23.4. The van der Waals surface area contributed by atoms with E-state index in [0.717, 1.165) is 4.90 Å². The number of carbonyl (C=O) groups is 4. The molecular formula is C25H17N2NaO6. The summed E-state index contributed by atoms with van der Waals surface area (Å²) in [6, 6.07) is 14.7. The van der Waals surface area contributed by atoms with Crippen LogP contribution in [0.2, 0.25) is 0 Å². The van der Waals surface area contributed by atoms with Gasteiger partial charge < -0.3 is 14.8 Å². The number of amides is 3. The Labute approximate surface area is 215 Å². The van der Waals surface area contributed by atoms with E-state index in [9.17, 15) is 24.3 Å². The monoisotopic (exact) mass is 464 g/mol. The maximum absolute atomic E-state index is 12.8. The number of para-hydroxylation sites is 1. The Hall–Kier alpha value is -3.72. The number of imide groups is 1. The van der Waals surface area contributed by atoms with Crippen LogP contribution < -0.4 is 10.2 Å². The minimum atomic E-state index is -1.09. The predicted molar refractivity (Wildman–Crippen MR) is 128 cm³/mol. The van der Waals surface area contributed by atoms with E-state index in [1.807, 2.05) is 0 Å². The molecule has 2 N–H and O–H groups in total. The van der Waals surface area contributed by atoms with Gasteiger partial charge in [0, 0.05) is 23.7 Å². The van der Waals surface area contributed by atoms with E-state index in [0.29, 0.717) is 39.6 Å². The molecule has 3 amide bonds. The molecule has 0 fully saturated rings. The van der Waals surface area contributed by atoms with E-state index in [1.165, 1.54) is 25.1 Å². The standard InChI is InChI=1S/C25H16N2O6.Na.H/c1-13(28)27-22-5-3-2-4-17(22)20(24(27)30)12-16-8-7-15(33-16)11-19-18-10-14(25(31)32)6-9-21(18)26-23(19)29;;/h2-12H,1H3,(H,26,29)(H,31,32);;. The van der Waals surface area contributed by atoms with Crippen LogP contribution in [0.1, 0.15) is 39.9 Å². The number of nitrogens with zero attached hydrogens (tertiary/aromatic N) is 1. The van der Waals surface area contributed by atoms with Crippen LogP contribution in [0.25, 0.3) is 23.3 Å². The first-order chi connectivity index (χ1) is 15.8. The SMILES string of the molecule is CC(=O)N1C(=O)C(=Cc2ccc(C=C3C(=O)Nc4ccc(C(=O)O)cc43)o2)c2ccccc21.[NaH]. The molecule has 8 nitrogen and oxygen atoms in total. The fourth-order valence-electron chi connectivity index (χ4n) is 3.97. The van der Waals surface area contributed by atoms with E-state index in [2.05, 4.69) is 5.32 Å². The number of anilines is 2. The molecule has 164 valence electrons. The molecule has 3 heterocycles. The van der Waals surface area contributed by atoms with Crippen LogP contribution in [-0.2, 0) is 14.4 Å². The molecule has 0 spiro atoms. The zero-order chi connectivity index (χ0) is 23.3. The van der Waals surface area contributed by atoms with Crippen molar-refractivity contribution in [3.63, 3.8) is 0 Å². The number of carbonyl (C=O) groups excluding carboxylic acids is 3. The Kier molecular flexibility index (Phi) is 6.14. The zero-order valence-electron chi connectivity index (χ0n) is 17.3. The molecule has 0 aliphatic carbocycles. The summed E-state index contributed by atoms with van der Waals surface area (Å²) in [5.41, 5.74) is 2.78. The first-order valence-corrected chi connectivity index (χ1v) is 10.00. The van der Waals surface area contributed by atoms with Gasteiger partial charge in [-0.25, -0.2) is 9.69 Å². The molecular weight excluding hydrogens is 447 g/mol. The molecule has 0 saturated heterocycles. The molecule has 3 aromatic rings. The number of hydrogen-bond donors (Lipinski definition) is 2. The van der Waals surface area contributed by atoms with Crippen molar-refractivity contribution in [2.75, 3.05) is 10.2 Å². The Bertz CT molecular complexity index is 1450. The Morgan fingerprint density at radius 2 is 1.62 bits per heavy atom. The topological polar surface area (TPSA) is 117 Å². The van der Waals surface area contributed by atoms with Crippen LogP contribution >= 0.6 is 0 Å². The zero-order valence-corrected chi connectivity index (χ0v) is 17.3. The molecule has 0 bridgehead atoms. The summed E-state index contributed by atoms with van der Waals surface area (Å²) in [5.74, 6) is -1.57. The van der Waals surface area contributed by atoms with Gasteiger partial charge in [0.15, 0.2) is 0 Å². The summed E-state index contributed by atoms with van der Waals surface area (Å²) in [5, 5.41) is 11.9. The van der Waals surface area contributed by atoms with Crippen LogP contribution in [0.4, 0.5) is 11.4 Å². The van der Waals surface area contributed by atoms with Crippen molar-refractivity contribution in [3.05, 3.63) is 82.8 Å². The van der Waals surface area contributed by atoms with E-state index in [1.54, 1.807) is 48.5 Å². The Balaban J connectivity index is 0.00000274. The summed E-state index contributed by atoms with van der Waals surface area (Å²) in [7, 11) is 0. The van der Waals surface area contributed by atoms with Crippen LogP contribution in [0, 0.1) is 0 Å². The number of carboxylic acid groups (broad SMARTS) is 1. The molecule has 2 aromatic carbocycles. The van der Waals surface area contributed by atoms with Crippen molar-refractivity contribution < 1.29 is 28.7 Å². The van der Waals surface area contributed by atoms with Gasteiger partial charge in [-0.1, -0.05) is 18.2 Å². The summed E-state index contributed by atoms with van der Waals surface area (Å²) in [6.45, 7) is 1.33. The molecule has 5 rings (SSSR count). The molecule has 9 heteroatoms. The summed E-state index contributed by atoms with van der Waals surface area (Å²) in [6.07, 6.45) is 3.07. The quantitative estimate of drug-likeness (QED) is 0.454. The van der Waals surface area contributed by atoms with Gasteiger partial charge in [-0.2, -0.15) is 0 Å². The number of furan rings is 1. The Morgan fingerprint density at radius 1 is 0.941 bits per heavy atom. The summed E-state index contributed by atoms with van der Waals surface area (Å²) >= 11 is 0. The fraction of sp³-hybridized carbons (Fsp3) is 0.0400. The van der Waals surface area contributed by atoms with E-state index >= 15 is 0 Å². The van der Waals surface area contributed by atoms with Crippen molar-refractivity contribution in [3.8, 4) is 0 Å². The molecule has 0 atom stereocenters. The van der Waals surface area contributed by atoms with Crippen molar-refractivity contribution in [1.82, 2.24) is 0 Å². The minimum absolute atomic E-state index is 0. The number of hydrogen-bond acceptors (Lipinski definition) is 5. The van der Waals surface area contributed by atoms with E-state index in [4.69, 9.17) is 4.42 Å². The fourth-order valence-corrected chi connectivity index (χ4v) is 3.97. The first-order valence-electron chi connectivity index (χ1n) is 10.00. The third kappa shape index (κ3) is 3.92. The molecule has 0 radical (unpaired) electrons. The molecule has 34 heavy (non-hydrogen) atoms. The van der Waals surface area contributed by atoms with Crippen molar-refractivity contribution >= 4 is 87.9 Å². The van der Waals surface area contributed by atoms with E-state index < -0.39 is 11.9 Å². The van der Waals surface area contributed by atoms with Gasteiger partial charge in [-0.3, -0.25) is 14.4 Å². The summed E-state index contributed by atoms with van der Waals surface area (Å²) in [4.78, 5) is 49.7. The van der Waals surface area contributed by atoms with Crippen LogP contribution in [0.15, 0.2) is 59.0 Å². The van der Waals surface area contributed by atoms with Gasteiger partial charge >= 0.3 is 35.5 Å². The van der Waals surface area contributed by atoms with Gasteiger partial charge in [0.2, 0.25) is 5.91 Å². The van der Waals surface area contributed by atoms with E-state index in [-0.39, 0.29) is 52.5 Å². The van der Waals surface area contributed by atoms with Crippen molar-refractivity contribution in [1.29, 1.82) is 0 Å². The molecule has 2 aliphatic rings. The average molecular weight is 464 g/mol. The van der Waals surface area contributed by atoms with Gasteiger partial charge in [-0.05, 0) is 48.6 Å². The van der Waals surface area contributed by atoms with Crippen LogP contribution in [-0.4, -0.2) is 58.4 Å². The second-order valence-corrected chi connectivity index (χ2v) is 7.55. The van der Waals surface area contributed by atoms with Crippen molar-refractivity contribution in [2.24, 2.45) is 0 Å². The van der Waals surface area contributed by atoms with Crippen molar-refractivity contribution in [2.45, 2.75) is 6.92 Å². The van der Waals surface area contributed by atoms with Gasteiger partial charge in [-0.15, -0.1) is 0 Å². The van der Waals surface area contributed by atoms with Gasteiger partial charge in [0.05, 0.1) is 22.4 Å². The van der Waals surface area contributed by atoms with Gasteiger partial charge in [0.1, 0.15) is 11.5 Å². The summed E-state index contributed by atoms with van der Waals surface area (Å²) < 4.78 is 5.80. The number of rotatable bonds is 3.